The summed E-state index contributed by atoms with van der Waals surface area (Å²) in [5.41, 5.74) is 0. The van der Waals surface area contributed by atoms with Gasteiger partial charge < -0.3 is 10.6 Å². The molecule has 86 valence electrons. The van der Waals surface area contributed by atoms with Gasteiger partial charge in [0.05, 0.1) is 4.47 Å². The van der Waals surface area contributed by atoms with Crippen molar-refractivity contribution >= 4 is 27.7 Å². The number of anilines is 1. The molecule has 1 aliphatic rings. The molecule has 1 aliphatic carbocycles. The average molecular weight is 285 g/mol. The zero-order valence-electron chi connectivity index (χ0n) is 8.74. The molecule has 5 nitrogen and oxygen atoms in total. The highest BCUT2D eigenvalue weighted by atomic mass is 79.9. The number of nitrogens with one attached hydrogen (secondary N) is 2. The van der Waals surface area contributed by atoms with Crippen LogP contribution >= 0.6 is 15.9 Å². The Balaban J connectivity index is 1.67. The van der Waals surface area contributed by atoms with Crippen LogP contribution in [-0.2, 0) is 4.79 Å². The van der Waals surface area contributed by atoms with Crippen LogP contribution in [0.5, 0.6) is 0 Å². The van der Waals surface area contributed by atoms with Crippen LogP contribution in [0.4, 0.5) is 5.82 Å². The Hall–Kier alpha value is -1.17. The van der Waals surface area contributed by atoms with E-state index in [-0.39, 0.29) is 11.8 Å². The van der Waals surface area contributed by atoms with Crippen LogP contribution in [0, 0.1) is 5.92 Å². The van der Waals surface area contributed by atoms with Gasteiger partial charge >= 0.3 is 0 Å². The summed E-state index contributed by atoms with van der Waals surface area (Å²) in [7, 11) is 0. The van der Waals surface area contributed by atoms with Gasteiger partial charge in [-0.2, -0.15) is 0 Å². The number of carbonyl (C=O) groups excluding carboxylic acids is 1. The molecular formula is C10H13BrN4O. The first-order valence-corrected chi connectivity index (χ1v) is 6.04. The average Bonchev–Trinajstić information content (AvgIpc) is 3.10. The predicted molar refractivity (Wildman–Crippen MR) is 64.0 cm³/mol. The highest BCUT2D eigenvalue weighted by Crippen LogP contribution is 2.28. The number of carbonyl (C=O) groups is 1. The molecule has 0 unspecified atom stereocenters. The summed E-state index contributed by atoms with van der Waals surface area (Å²) in [5, 5.41) is 5.99. The first-order valence-electron chi connectivity index (χ1n) is 5.24. The molecule has 1 heterocycles. The molecule has 2 N–H and O–H groups in total. The van der Waals surface area contributed by atoms with E-state index in [1.807, 2.05) is 0 Å². The van der Waals surface area contributed by atoms with Crippen molar-refractivity contribution in [3.05, 3.63) is 17.0 Å². The van der Waals surface area contributed by atoms with Crippen LogP contribution < -0.4 is 10.6 Å². The van der Waals surface area contributed by atoms with E-state index in [2.05, 4.69) is 36.5 Å². The van der Waals surface area contributed by atoms with Crippen LogP contribution in [0.25, 0.3) is 0 Å². The maximum atomic E-state index is 11.3. The lowest BCUT2D eigenvalue weighted by atomic mass is 10.4. The number of rotatable bonds is 5. The van der Waals surface area contributed by atoms with E-state index in [1.165, 1.54) is 6.33 Å². The van der Waals surface area contributed by atoms with Gasteiger partial charge in [-0.15, -0.1) is 0 Å². The van der Waals surface area contributed by atoms with Crippen LogP contribution in [0.3, 0.4) is 0 Å². The minimum absolute atomic E-state index is 0.170. The van der Waals surface area contributed by atoms with Crippen molar-refractivity contribution in [2.45, 2.75) is 12.8 Å². The van der Waals surface area contributed by atoms with Gasteiger partial charge in [0.25, 0.3) is 0 Å². The molecule has 1 aromatic heterocycles. The molecule has 1 aromatic rings. The van der Waals surface area contributed by atoms with Gasteiger partial charge in [0.15, 0.2) is 0 Å². The Morgan fingerprint density at radius 3 is 3.00 bits per heavy atom. The highest BCUT2D eigenvalue weighted by molar-refractivity contribution is 9.10. The molecule has 1 amide bonds. The maximum absolute atomic E-state index is 11.3. The Morgan fingerprint density at radius 1 is 1.50 bits per heavy atom. The van der Waals surface area contributed by atoms with Crippen LogP contribution in [-0.4, -0.2) is 29.0 Å². The van der Waals surface area contributed by atoms with Crippen LogP contribution in [0.2, 0.25) is 0 Å². The van der Waals surface area contributed by atoms with E-state index < -0.39 is 0 Å². The third-order valence-corrected chi connectivity index (χ3v) is 2.91. The van der Waals surface area contributed by atoms with Crippen LogP contribution in [0.15, 0.2) is 17.0 Å². The van der Waals surface area contributed by atoms with Crippen molar-refractivity contribution in [2.24, 2.45) is 5.92 Å². The lowest BCUT2D eigenvalue weighted by Gasteiger charge is -2.07. The molecule has 0 atom stereocenters. The smallest absolute Gasteiger partial charge is 0.223 e. The van der Waals surface area contributed by atoms with E-state index >= 15 is 0 Å². The minimum atomic E-state index is 0.170. The standard InChI is InChI=1S/C10H13BrN4O/c11-8-5-12-6-15-9(8)13-3-4-14-10(16)7-1-2-7/h5-7H,1-4H2,(H,14,16)(H,12,13,15). The van der Waals surface area contributed by atoms with Crippen LogP contribution in [0.1, 0.15) is 12.8 Å². The molecule has 1 fully saturated rings. The van der Waals surface area contributed by atoms with Gasteiger partial charge in [0, 0.05) is 25.2 Å². The molecule has 2 rings (SSSR count). The second-order valence-corrected chi connectivity index (χ2v) is 4.57. The van der Waals surface area contributed by atoms with E-state index in [4.69, 9.17) is 0 Å². The first-order chi connectivity index (χ1) is 7.77. The number of hydrogen-bond acceptors (Lipinski definition) is 4. The third kappa shape index (κ3) is 3.16. The second-order valence-electron chi connectivity index (χ2n) is 3.71. The fourth-order valence-electron chi connectivity index (χ4n) is 1.30. The molecule has 16 heavy (non-hydrogen) atoms. The number of aromatic nitrogens is 2. The van der Waals surface area contributed by atoms with Crippen molar-refractivity contribution in [3.8, 4) is 0 Å². The van der Waals surface area contributed by atoms with Gasteiger partial charge in [-0.05, 0) is 28.8 Å². The van der Waals surface area contributed by atoms with Gasteiger partial charge in [0.1, 0.15) is 12.1 Å². The lowest BCUT2D eigenvalue weighted by Crippen LogP contribution is -2.30. The summed E-state index contributed by atoms with van der Waals surface area (Å²) in [6.07, 6.45) is 5.24. The van der Waals surface area contributed by atoms with E-state index in [1.54, 1.807) is 6.20 Å². The number of amides is 1. The summed E-state index contributed by atoms with van der Waals surface area (Å²) in [6, 6.07) is 0. The quantitative estimate of drug-likeness (QED) is 0.797. The van der Waals surface area contributed by atoms with Gasteiger partial charge in [-0.3, -0.25) is 4.79 Å². The number of nitrogens with zero attached hydrogens (tertiary/aromatic N) is 2. The van der Waals surface area contributed by atoms with E-state index in [0.717, 1.165) is 23.1 Å². The molecule has 1 saturated carbocycles. The molecular weight excluding hydrogens is 272 g/mol. The predicted octanol–water partition coefficient (Wildman–Crippen LogP) is 1.18. The Labute approximate surface area is 102 Å². The Morgan fingerprint density at radius 2 is 2.31 bits per heavy atom. The lowest BCUT2D eigenvalue weighted by molar-refractivity contribution is -0.122. The Kier molecular flexibility index (Phi) is 3.71. The number of hydrogen-bond donors (Lipinski definition) is 2. The topological polar surface area (TPSA) is 66.9 Å². The molecule has 0 spiro atoms. The molecule has 0 bridgehead atoms. The SMILES string of the molecule is O=C(NCCNc1ncncc1Br)C1CC1. The fraction of sp³-hybridized carbons (Fsp3) is 0.500. The van der Waals surface area contributed by atoms with Gasteiger partial charge in [-0.1, -0.05) is 0 Å². The molecule has 0 aliphatic heterocycles. The van der Waals surface area contributed by atoms with Gasteiger partial charge in [0.2, 0.25) is 5.91 Å². The van der Waals surface area contributed by atoms with Crippen molar-refractivity contribution < 1.29 is 4.79 Å². The molecule has 0 aromatic carbocycles. The van der Waals surface area contributed by atoms with Crippen molar-refractivity contribution in [3.63, 3.8) is 0 Å². The first kappa shape index (κ1) is 11.3. The third-order valence-electron chi connectivity index (χ3n) is 2.33. The molecule has 0 saturated heterocycles. The summed E-state index contributed by atoms with van der Waals surface area (Å²) in [6.45, 7) is 1.28. The molecule has 6 heteroatoms. The highest BCUT2D eigenvalue weighted by Gasteiger charge is 2.28. The zero-order chi connectivity index (χ0) is 11.4. The van der Waals surface area contributed by atoms with E-state index in [0.29, 0.717) is 13.1 Å². The largest absolute Gasteiger partial charge is 0.367 e. The van der Waals surface area contributed by atoms with Crippen molar-refractivity contribution in [1.29, 1.82) is 0 Å². The minimum Gasteiger partial charge on any atom is -0.367 e. The summed E-state index contributed by atoms with van der Waals surface area (Å²) >= 11 is 3.34. The summed E-state index contributed by atoms with van der Waals surface area (Å²) < 4.78 is 0.823. The summed E-state index contributed by atoms with van der Waals surface area (Å²) in [4.78, 5) is 19.2. The normalized spacial score (nSPS) is 14.6. The monoisotopic (exact) mass is 284 g/mol. The molecule has 0 radical (unpaired) electrons. The second kappa shape index (κ2) is 5.25. The summed E-state index contributed by atoms with van der Waals surface area (Å²) in [5.74, 6) is 1.19. The van der Waals surface area contributed by atoms with Gasteiger partial charge in [-0.25, -0.2) is 9.97 Å². The fourth-order valence-corrected chi connectivity index (χ4v) is 1.66. The Bertz CT molecular complexity index is 381. The maximum Gasteiger partial charge on any atom is 0.223 e. The zero-order valence-corrected chi connectivity index (χ0v) is 10.3. The number of halogens is 1. The van der Waals surface area contributed by atoms with Crippen molar-refractivity contribution in [2.75, 3.05) is 18.4 Å². The van der Waals surface area contributed by atoms with E-state index in [9.17, 15) is 4.79 Å². The van der Waals surface area contributed by atoms with Crippen molar-refractivity contribution in [1.82, 2.24) is 15.3 Å².